The van der Waals surface area contributed by atoms with Crippen LogP contribution in [0.15, 0.2) is 0 Å². The number of ketones is 1. The van der Waals surface area contributed by atoms with Crippen LogP contribution in [0, 0.1) is 35.5 Å². The van der Waals surface area contributed by atoms with E-state index in [1.807, 2.05) is 48.5 Å². The number of nitrogens with one attached hydrogen (secondary N) is 3. The minimum Gasteiger partial charge on any atom is -0.458 e. The Morgan fingerprint density at radius 1 is 0.813 bits per heavy atom. The number of nitrogens with zero attached hydrogens (tertiary/aromatic N) is 4. The number of carbonyl (C=O) groups excluding carboxylic acids is 10. The standard InChI is InChI=1S/C54H91N7O14/c1-16-19-32(10)43-41(63)27-42(64)75-46(31(8)9)45(65)33(11)47(66)55-36(24-28(2)3)51(70)61-23-18-21-38(61)53(72)59(15)40(26-30(6)7)54(73)74-35(13)44(49(68)56-43)57-48(67)39(25-29(4)5)58(14)52(71)37-20-17-22-60(37)50(69)34(12)62/h28-41,43-44,46,62-63H,16-27H2,1-15H3,(H,55,66)(H,56,68)(H,57,67)/t32-,33-,34-,35+,36-,37+,38-,39+,40-,41-,43+,44-,46-/m0/s1. The lowest BCUT2D eigenvalue weighted by Gasteiger charge is -2.37. The number of ether oxygens (including phenoxy) is 2. The molecule has 5 N–H and O–H groups in total. The quantitative estimate of drug-likeness (QED) is 0.117. The number of Topliss-reactive ketones (excluding diaryl/α,β-unsaturated/α-hetero) is 1. The molecule has 3 fully saturated rings. The molecule has 0 aliphatic carbocycles. The molecular weight excluding hydrogens is 971 g/mol. The first kappa shape index (κ1) is 64.1. The zero-order chi connectivity index (χ0) is 56.9. The minimum atomic E-state index is -1.72. The third-order valence-electron chi connectivity index (χ3n) is 14.7. The molecule has 3 heterocycles. The second-order valence-corrected chi connectivity index (χ2v) is 22.9. The van der Waals surface area contributed by atoms with Crippen molar-refractivity contribution in [2.75, 3.05) is 27.2 Å². The highest BCUT2D eigenvalue weighted by molar-refractivity contribution is 6.05. The zero-order valence-electron chi connectivity index (χ0n) is 47.4. The van der Waals surface area contributed by atoms with Crippen molar-refractivity contribution < 1.29 is 67.6 Å². The predicted octanol–water partition coefficient (Wildman–Crippen LogP) is 2.50. The SMILES string of the molecule is CCC[C@H](C)[C@H]1NC(=O)[C@@H](NC(=O)[C@@H](CC(C)C)N(C)C(=O)[C@H]2CCCN2C(=O)[C@H](C)O)[C@@H](C)OC(=O)[C@H](CC(C)C)N(C)C(=O)[C@@H]2CCCN2C(=O)[C@H](CC(C)C)NC(=O)[C@@H](C)C(=O)[C@H](C(C)C)OC(=O)C[C@@H]1O. The Balaban J connectivity index is 2.23. The van der Waals surface area contributed by atoms with Crippen LogP contribution < -0.4 is 16.0 Å². The maximum Gasteiger partial charge on any atom is 0.329 e. The van der Waals surface area contributed by atoms with E-state index in [1.54, 1.807) is 20.8 Å². The summed E-state index contributed by atoms with van der Waals surface area (Å²) in [6.45, 7) is 22.4. The third-order valence-corrected chi connectivity index (χ3v) is 14.7. The number of esters is 2. The van der Waals surface area contributed by atoms with Gasteiger partial charge in [-0.3, -0.25) is 43.2 Å². The molecule has 0 bridgehead atoms. The number of rotatable bonds is 15. The number of aliphatic hydroxyl groups excluding tert-OH is 2. The summed E-state index contributed by atoms with van der Waals surface area (Å²) in [5.41, 5.74) is 0. The monoisotopic (exact) mass is 1060 g/mol. The van der Waals surface area contributed by atoms with Gasteiger partial charge >= 0.3 is 11.9 Å². The average molecular weight is 1060 g/mol. The molecule has 7 amide bonds. The van der Waals surface area contributed by atoms with Crippen LogP contribution in [0.25, 0.3) is 0 Å². The van der Waals surface area contributed by atoms with Gasteiger partial charge in [-0.05, 0) is 102 Å². The number of likely N-dealkylation sites (tertiary alicyclic amines) is 1. The fourth-order valence-electron chi connectivity index (χ4n) is 10.4. The zero-order valence-corrected chi connectivity index (χ0v) is 47.4. The van der Waals surface area contributed by atoms with Crippen LogP contribution in [0.3, 0.4) is 0 Å². The van der Waals surface area contributed by atoms with Gasteiger partial charge in [-0.25, -0.2) is 4.79 Å². The summed E-state index contributed by atoms with van der Waals surface area (Å²) in [4.78, 5) is 147. The maximum atomic E-state index is 14.9. The molecule has 75 heavy (non-hydrogen) atoms. The summed E-state index contributed by atoms with van der Waals surface area (Å²) in [5.74, 6) is -10.6. The van der Waals surface area contributed by atoms with Crippen LogP contribution in [0.1, 0.15) is 154 Å². The molecule has 3 aliphatic heterocycles. The van der Waals surface area contributed by atoms with Crippen molar-refractivity contribution in [3.63, 3.8) is 0 Å². The summed E-state index contributed by atoms with van der Waals surface area (Å²) in [7, 11) is 2.84. The van der Waals surface area contributed by atoms with Gasteiger partial charge in [0.25, 0.3) is 5.91 Å². The number of hydrogen-bond donors (Lipinski definition) is 5. The highest BCUT2D eigenvalue weighted by Gasteiger charge is 2.46. The first-order chi connectivity index (χ1) is 34.9. The Morgan fingerprint density at radius 2 is 1.43 bits per heavy atom. The van der Waals surface area contributed by atoms with Gasteiger partial charge in [0.1, 0.15) is 48.5 Å². The van der Waals surface area contributed by atoms with Crippen LogP contribution in [0.2, 0.25) is 0 Å². The molecule has 0 spiro atoms. The van der Waals surface area contributed by atoms with Crippen LogP contribution in [0.5, 0.6) is 0 Å². The number of fused-ring (bicyclic) bond motifs is 1. The highest BCUT2D eigenvalue weighted by Crippen LogP contribution is 2.27. The molecule has 3 saturated heterocycles. The van der Waals surface area contributed by atoms with Crippen molar-refractivity contribution >= 4 is 59.1 Å². The molecule has 3 rings (SSSR count). The van der Waals surface area contributed by atoms with Gasteiger partial charge in [0.2, 0.25) is 35.4 Å². The topological polar surface area (TPSA) is 279 Å². The number of cyclic esters (lactones) is 2. The Morgan fingerprint density at radius 3 is 1.99 bits per heavy atom. The first-order valence-corrected chi connectivity index (χ1v) is 27.3. The van der Waals surface area contributed by atoms with E-state index < -0.39 is 150 Å². The van der Waals surface area contributed by atoms with Crippen LogP contribution >= 0.6 is 0 Å². The van der Waals surface area contributed by atoms with Crippen LogP contribution in [-0.2, 0) is 57.4 Å². The molecule has 0 aromatic rings. The van der Waals surface area contributed by atoms with E-state index in [1.165, 1.54) is 54.5 Å². The van der Waals surface area contributed by atoms with Gasteiger partial charge in [-0.2, -0.15) is 0 Å². The van der Waals surface area contributed by atoms with Crippen LogP contribution in [0.4, 0.5) is 0 Å². The van der Waals surface area contributed by atoms with Crippen molar-refractivity contribution in [3.8, 4) is 0 Å². The van der Waals surface area contributed by atoms with E-state index >= 15 is 0 Å². The van der Waals surface area contributed by atoms with E-state index in [2.05, 4.69) is 16.0 Å². The lowest BCUT2D eigenvalue weighted by Crippen LogP contribution is -2.62. The van der Waals surface area contributed by atoms with E-state index in [9.17, 15) is 58.2 Å². The van der Waals surface area contributed by atoms with Gasteiger partial charge in [-0.15, -0.1) is 0 Å². The van der Waals surface area contributed by atoms with E-state index in [0.29, 0.717) is 25.7 Å². The Labute approximate surface area is 444 Å². The average Bonchev–Trinajstić information content (AvgIpc) is 4.03. The fourth-order valence-corrected chi connectivity index (χ4v) is 10.4. The van der Waals surface area contributed by atoms with Gasteiger partial charge < -0.3 is 55.2 Å². The molecular formula is C54H91N7O14. The number of carbonyl (C=O) groups is 10. The van der Waals surface area contributed by atoms with E-state index in [4.69, 9.17) is 9.47 Å². The Bertz CT molecular complexity index is 2030. The molecule has 21 heteroatoms. The van der Waals surface area contributed by atoms with E-state index in [0.717, 1.165) is 0 Å². The largest absolute Gasteiger partial charge is 0.458 e. The lowest BCUT2D eigenvalue weighted by atomic mass is 9.90. The molecule has 0 unspecified atom stereocenters. The first-order valence-electron chi connectivity index (χ1n) is 27.3. The number of amides is 7. The minimum absolute atomic E-state index is 0.0883. The second kappa shape index (κ2) is 28.8. The smallest absolute Gasteiger partial charge is 0.329 e. The normalized spacial score (nSPS) is 28.7. The third kappa shape index (κ3) is 17.2. The molecule has 0 radical (unpaired) electrons. The fraction of sp³-hybridized carbons (Fsp3) is 0.815. The number of aliphatic hydroxyl groups is 2. The molecule has 426 valence electrons. The summed E-state index contributed by atoms with van der Waals surface area (Å²) >= 11 is 0. The highest BCUT2D eigenvalue weighted by atomic mass is 16.6. The maximum absolute atomic E-state index is 14.9. The van der Waals surface area contributed by atoms with Gasteiger partial charge in [0.15, 0.2) is 11.9 Å². The summed E-state index contributed by atoms with van der Waals surface area (Å²) < 4.78 is 11.8. The number of likely N-dealkylation sites (N-methyl/N-ethyl adjacent to an activating group) is 2. The number of hydrogen-bond acceptors (Lipinski definition) is 14. The molecule has 3 aliphatic rings. The summed E-state index contributed by atoms with van der Waals surface area (Å²) in [6.07, 6.45) is -3.81. The van der Waals surface area contributed by atoms with Crippen molar-refractivity contribution in [3.05, 3.63) is 0 Å². The Kier molecular flexibility index (Phi) is 24.6. The molecule has 0 aromatic carbocycles. The summed E-state index contributed by atoms with van der Waals surface area (Å²) in [5, 5.41) is 30.3. The van der Waals surface area contributed by atoms with Crippen LogP contribution in [-0.4, -0.2) is 183 Å². The summed E-state index contributed by atoms with van der Waals surface area (Å²) in [6, 6.07) is -8.54. The predicted molar refractivity (Wildman–Crippen MR) is 278 cm³/mol. The lowest BCUT2D eigenvalue weighted by molar-refractivity contribution is -0.163. The molecule has 0 aromatic heterocycles. The van der Waals surface area contributed by atoms with Gasteiger partial charge in [0, 0.05) is 27.2 Å². The van der Waals surface area contributed by atoms with Crippen molar-refractivity contribution in [1.29, 1.82) is 0 Å². The van der Waals surface area contributed by atoms with Crippen molar-refractivity contribution in [1.82, 2.24) is 35.6 Å². The van der Waals surface area contributed by atoms with Crippen molar-refractivity contribution in [2.45, 2.75) is 221 Å². The van der Waals surface area contributed by atoms with Gasteiger partial charge in [-0.1, -0.05) is 75.7 Å². The second-order valence-electron chi connectivity index (χ2n) is 22.9. The van der Waals surface area contributed by atoms with E-state index in [-0.39, 0.29) is 62.9 Å². The van der Waals surface area contributed by atoms with Gasteiger partial charge in [0.05, 0.1) is 24.5 Å². The molecule has 13 atom stereocenters. The Hall–Kier alpha value is -5.18. The molecule has 21 nitrogen and oxygen atoms in total. The molecule has 0 saturated carbocycles. The van der Waals surface area contributed by atoms with Crippen molar-refractivity contribution in [2.24, 2.45) is 35.5 Å².